The maximum atomic E-state index is 13.2. The van der Waals surface area contributed by atoms with Crippen LogP contribution < -0.4 is 10.1 Å². The number of hydrogen-bond donors (Lipinski definition) is 1. The van der Waals surface area contributed by atoms with Gasteiger partial charge in [0.05, 0.1) is 5.56 Å². The van der Waals surface area contributed by atoms with E-state index in [1.54, 1.807) is 6.07 Å². The fourth-order valence-electron chi connectivity index (χ4n) is 2.32. The maximum Gasteiger partial charge on any atom is 0.422 e. The van der Waals surface area contributed by atoms with Gasteiger partial charge in [0.2, 0.25) is 0 Å². The van der Waals surface area contributed by atoms with Crippen molar-refractivity contribution in [2.45, 2.75) is 25.3 Å². The topological polar surface area (TPSA) is 21.3 Å². The molecule has 0 saturated heterocycles. The van der Waals surface area contributed by atoms with Crippen LogP contribution in [0.15, 0.2) is 42.5 Å². The highest BCUT2D eigenvalue weighted by atomic mass is 19.4. The molecule has 0 fully saturated rings. The minimum atomic E-state index is -4.76. The number of alkyl halides is 6. The standard InChI is InChI=1S/C18H16F7NO/c19-16-5-4-12(9-15(16)18(23,24)25)6-7-26-10-13-2-1-3-14(8-13)27-11-17(20,21)22/h1-5,8-9,26H,6-7,10-11H2. The summed E-state index contributed by atoms with van der Waals surface area (Å²) in [6.45, 7) is -0.802. The first kappa shape index (κ1) is 21.0. The zero-order valence-electron chi connectivity index (χ0n) is 13.9. The van der Waals surface area contributed by atoms with Crippen LogP contribution in [-0.4, -0.2) is 19.3 Å². The van der Waals surface area contributed by atoms with Gasteiger partial charge in [-0.15, -0.1) is 0 Å². The van der Waals surface area contributed by atoms with E-state index in [2.05, 4.69) is 10.1 Å². The van der Waals surface area contributed by atoms with E-state index >= 15 is 0 Å². The molecule has 0 amide bonds. The Morgan fingerprint density at radius 2 is 1.63 bits per heavy atom. The number of ether oxygens (including phenoxy) is 1. The second-order valence-corrected chi connectivity index (χ2v) is 5.79. The lowest BCUT2D eigenvalue weighted by atomic mass is 10.1. The smallest absolute Gasteiger partial charge is 0.422 e. The second kappa shape index (κ2) is 8.60. The van der Waals surface area contributed by atoms with E-state index in [0.29, 0.717) is 17.7 Å². The van der Waals surface area contributed by atoms with Crippen LogP contribution in [0.3, 0.4) is 0 Å². The fraction of sp³-hybridized carbons (Fsp3) is 0.333. The molecule has 0 heterocycles. The van der Waals surface area contributed by atoms with Crippen LogP contribution in [0, 0.1) is 5.82 Å². The Labute approximate surface area is 151 Å². The van der Waals surface area contributed by atoms with Gasteiger partial charge in [-0.25, -0.2) is 4.39 Å². The maximum absolute atomic E-state index is 13.2. The lowest BCUT2D eigenvalue weighted by Gasteiger charge is -2.12. The first-order valence-corrected chi connectivity index (χ1v) is 7.89. The van der Waals surface area contributed by atoms with Gasteiger partial charge in [-0.3, -0.25) is 0 Å². The van der Waals surface area contributed by atoms with Gasteiger partial charge in [-0.05, 0) is 48.4 Å². The Kier molecular flexibility index (Phi) is 6.69. The molecular weight excluding hydrogens is 379 g/mol. The highest BCUT2D eigenvalue weighted by Crippen LogP contribution is 2.31. The second-order valence-electron chi connectivity index (χ2n) is 5.79. The minimum Gasteiger partial charge on any atom is -0.484 e. The highest BCUT2D eigenvalue weighted by molar-refractivity contribution is 5.29. The average molecular weight is 395 g/mol. The molecule has 27 heavy (non-hydrogen) atoms. The summed E-state index contributed by atoms with van der Waals surface area (Å²) in [5.74, 6) is -1.25. The van der Waals surface area contributed by atoms with Crippen molar-refractivity contribution in [1.29, 1.82) is 0 Å². The van der Waals surface area contributed by atoms with E-state index in [-0.39, 0.29) is 18.7 Å². The highest BCUT2D eigenvalue weighted by Gasteiger charge is 2.34. The third-order valence-corrected chi connectivity index (χ3v) is 3.56. The summed E-state index contributed by atoms with van der Waals surface area (Å²) in [7, 11) is 0. The summed E-state index contributed by atoms with van der Waals surface area (Å²) >= 11 is 0. The predicted octanol–water partition coefficient (Wildman–Crippen LogP) is 5.12. The van der Waals surface area contributed by atoms with E-state index in [1.165, 1.54) is 24.3 Å². The van der Waals surface area contributed by atoms with E-state index in [1.807, 2.05) is 0 Å². The predicted molar refractivity (Wildman–Crippen MR) is 84.8 cm³/mol. The van der Waals surface area contributed by atoms with E-state index in [9.17, 15) is 30.7 Å². The molecule has 2 aromatic carbocycles. The van der Waals surface area contributed by atoms with Gasteiger partial charge in [-0.2, -0.15) is 26.3 Å². The molecule has 9 heteroatoms. The van der Waals surface area contributed by atoms with Crippen molar-refractivity contribution < 1.29 is 35.5 Å². The van der Waals surface area contributed by atoms with Crippen LogP contribution in [0.1, 0.15) is 16.7 Å². The number of halogens is 7. The Bertz CT molecular complexity index is 756. The molecule has 0 bridgehead atoms. The van der Waals surface area contributed by atoms with Gasteiger partial charge in [0, 0.05) is 6.54 Å². The van der Waals surface area contributed by atoms with Crippen LogP contribution in [0.4, 0.5) is 30.7 Å². The van der Waals surface area contributed by atoms with Crippen LogP contribution in [0.2, 0.25) is 0 Å². The van der Waals surface area contributed by atoms with Gasteiger partial charge in [-0.1, -0.05) is 18.2 Å². The van der Waals surface area contributed by atoms with E-state index in [0.717, 1.165) is 12.1 Å². The van der Waals surface area contributed by atoms with Gasteiger partial charge < -0.3 is 10.1 Å². The SMILES string of the molecule is Fc1ccc(CCNCc2cccc(OCC(F)(F)F)c2)cc1C(F)(F)F. The Hall–Kier alpha value is -2.29. The first-order chi connectivity index (χ1) is 12.5. The van der Waals surface area contributed by atoms with E-state index < -0.39 is 30.3 Å². The summed E-state index contributed by atoms with van der Waals surface area (Å²) in [5, 5.41) is 2.97. The number of nitrogens with one attached hydrogen (secondary N) is 1. The third-order valence-electron chi connectivity index (χ3n) is 3.56. The van der Waals surface area contributed by atoms with Gasteiger partial charge in [0.25, 0.3) is 0 Å². The molecule has 0 saturated carbocycles. The molecule has 0 unspecified atom stereocenters. The lowest BCUT2D eigenvalue weighted by Crippen LogP contribution is -2.19. The van der Waals surface area contributed by atoms with Crippen LogP contribution >= 0.6 is 0 Å². The van der Waals surface area contributed by atoms with Crippen molar-refractivity contribution in [1.82, 2.24) is 5.32 Å². The van der Waals surface area contributed by atoms with Crippen LogP contribution in [0.25, 0.3) is 0 Å². The fourth-order valence-corrected chi connectivity index (χ4v) is 2.32. The molecule has 148 valence electrons. The monoisotopic (exact) mass is 395 g/mol. The average Bonchev–Trinajstić information content (AvgIpc) is 2.57. The van der Waals surface area contributed by atoms with E-state index in [4.69, 9.17) is 0 Å². The Morgan fingerprint density at radius 3 is 2.30 bits per heavy atom. The number of benzene rings is 2. The molecule has 0 atom stereocenters. The molecule has 0 radical (unpaired) electrons. The molecule has 2 aromatic rings. The normalized spacial score (nSPS) is 12.3. The van der Waals surface area contributed by atoms with Crippen LogP contribution in [0.5, 0.6) is 5.75 Å². The summed E-state index contributed by atoms with van der Waals surface area (Å²) in [6.07, 6.45) is -8.96. The Balaban J connectivity index is 1.85. The van der Waals surface area contributed by atoms with Gasteiger partial charge in [0.15, 0.2) is 6.61 Å². The summed E-state index contributed by atoms with van der Waals surface area (Å²) in [6, 6.07) is 8.87. The molecule has 2 rings (SSSR count). The lowest BCUT2D eigenvalue weighted by molar-refractivity contribution is -0.153. The molecule has 0 aliphatic carbocycles. The molecule has 0 aromatic heterocycles. The molecule has 0 aliphatic rings. The van der Waals surface area contributed by atoms with Crippen LogP contribution in [-0.2, 0) is 19.1 Å². The Morgan fingerprint density at radius 1 is 0.889 bits per heavy atom. The molecule has 1 N–H and O–H groups in total. The molecule has 0 spiro atoms. The van der Waals surface area contributed by atoms with Crippen molar-refractivity contribution >= 4 is 0 Å². The minimum absolute atomic E-state index is 0.0694. The summed E-state index contributed by atoms with van der Waals surface area (Å²) in [5.41, 5.74) is -0.335. The van der Waals surface area contributed by atoms with Gasteiger partial charge >= 0.3 is 12.4 Å². The number of hydrogen-bond acceptors (Lipinski definition) is 2. The van der Waals surface area contributed by atoms with Crippen molar-refractivity contribution in [2.24, 2.45) is 0 Å². The molecule has 0 aliphatic heterocycles. The summed E-state index contributed by atoms with van der Waals surface area (Å²) < 4.78 is 92.3. The van der Waals surface area contributed by atoms with Crippen molar-refractivity contribution in [3.63, 3.8) is 0 Å². The van der Waals surface area contributed by atoms with Crippen molar-refractivity contribution in [2.75, 3.05) is 13.2 Å². The third kappa shape index (κ3) is 7.09. The quantitative estimate of drug-likeness (QED) is 0.519. The number of rotatable bonds is 7. The zero-order chi connectivity index (χ0) is 20.1. The summed E-state index contributed by atoms with van der Waals surface area (Å²) in [4.78, 5) is 0. The van der Waals surface area contributed by atoms with Crippen molar-refractivity contribution in [3.8, 4) is 5.75 Å². The first-order valence-electron chi connectivity index (χ1n) is 7.89. The molecular formula is C18H16F7NO. The van der Waals surface area contributed by atoms with Crippen molar-refractivity contribution in [3.05, 3.63) is 65.0 Å². The largest absolute Gasteiger partial charge is 0.484 e. The molecule has 2 nitrogen and oxygen atoms in total. The van der Waals surface area contributed by atoms with Gasteiger partial charge in [0.1, 0.15) is 11.6 Å². The zero-order valence-corrected chi connectivity index (χ0v) is 13.9.